The van der Waals surface area contributed by atoms with Crippen LogP contribution in [0.2, 0.25) is 0 Å². The number of aliphatic imine (C=N–C) groups is 1. The topological polar surface area (TPSA) is 72.9 Å². The number of anilines is 1. The number of guanidine groups is 1. The van der Waals surface area contributed by atoms with Crippen LogP contribution in [0.5, 0.6) is 0 Å². The van der Waals surface area contributed by atoms with Crippen molar-refractivity contribution in [1.29, 1.82) is 0 Å². The highest BCUT2D eigenvalue weighted by molar-refractivity contribution is 5.93. The van der Waals surface area contributed by atoms with Gasteiger partial charge in [-0.1, -0.05) is 30.3 Å². The average Bonchev–Trinajstić information content (AvgIpc) is 2.78. The first kappa shape index (κ1) is 22.1. The molecule has 7 heteroatoms. The summed E-state index contributed by atoms with van der Waals surface area (Å²) >= 11 is 0. The Morgan fingerprint density at radius 2 is 1.65 bits per heavy atom. The summed E-state index contributed by atoms with van der Waals surface area (Å²) < 4.78 is 0. The molecule has 2 N–H and O–H groups in total. The number of amides is 1. The quantitative estimate of drug-likeness (QED) is 0.476. The number of carbonyl (C=O) groups is 1. The minimum Gasteiger partial charge on any atom is -0.363 e. The number of nitrogens with one attached hydrogen (secondary N) is 2. The summed E-state index contributed by atoms with van der Waals surface area (Å²) in [5, 5.41) is 7.84. The van der Waals surface area contributed by atoms with Crippen molar-refractivity contribution in [2.24, 2.45) is 4.99 Å². The first-order valence-corrected chi connectivity index (χ1v) is 10.2. The number of hydrogen-bond acceptors (Lipinski definition) is 4. The molecule has 0 aliphatic rings. The van der Waals surface area contributed by atoms with Crippen LogP contribution >= 0.6 is 0 Å². The Kier molecular flexibility index (Phi) is 7.07. The molecule has 0 aliphatic carbocycles. The molecule has 2 aromatic carbocycles. The van der Waals surface area contributed by atoms with Gasteiger partial charge in [0.1, 0.15) is 5.82 Å². The zero-order chi connectivity index (χ0) is 22.4. The summed E-state index contributed by atoms with van der Waals surface area (Å²) in [6.45, 7) is 1.23. The smallest absolute Gasteiger partial charge is 0.253 e. The minimum absolute atomic E-state index is 0.00124. The Morgan fingerprint density at radius 3 is 2.29 bits per heavy atom. The van der Waals surface area contributed by atoms with Crippen LogP contribution in [0.3, 0.4) is 0 Å². The van der Waals surface area contributed by atoms with Gasteiger partial charge in [0.2, 0.25) is 0 Å². The van der Waals surface area contributed by atoms with Crippen LogP contribution in [0.1, 0.15) is 21.5 Å². The number of benzene rings is 2. The van der Waals surface area contributed by atoms with Gasteiger partial charge < -0.3 is 20.4 Å². The van der Waals surface area contributed by atoms with Crippen LogP contribution in [0.15, 0.2) is 59.6 Å². The number of fused-ring (bicyclic) bond motifs is 1. The van der Waals surface area contributed by atoms with Crippen molar-refractivity contribution in [1.82, 2.24) is 20.5 Å². The maximum atomic E-state index is 12.0. The maximum absolute atomic E-state index is 12.0. The molecule has 3 rings (SSSR count). The number of pyridine rings is 1. The zero-order valence-corrected chi connectivity index (χ0v) is 18.8. The Morgan fingerprint density at radius 1 is 0.968 bits per heavy atom. The van der Waals surface area contributed by atoms with E-state index in [1.54, 1.807) is 26.0 Å². The van der Waals surface area contributed by atoms with Gasteiger partial charge in [-0.15, -0.1) is 0 Å². The van der Waals surface area contributed by atoms with Gasteiger partial charge in [0.15, 0.2) is 5.96 Å². The van der Waals surface area contributed by atoms with Crippen molar-refractivity contribution in [2.75, 3.05) is 40.1 Å². The molecule has 1 heterocycles. The summed E-state index contributed by atoms with van der Waals surface area (Å²) in [6.07, 6.45) is 0. The molecule has 0 aliphatic heterocycles. The third kappa shape index (κ3) is 5.51. The van der Waals surface area contributed by atoms with Gasteiger partial charge in [-0.3, -0.25) is 9.79 Å². The SMILES string of the molecule is CN=C(NCc1ccc(C(=O)N(C)C)cc1)NCc1cc(N(C)C)nc2ccccc12. The van der Waals surface area contributed by atoms with E-state index in [1.165, 1.54) is 0 Å². The molecule has 0 atom stereocenters. The van der Waals surface area contributed by atoms with Gasteiger partial charge in [0.25, 0.3) is 5.91 Å². The summed E-state index contributed by atoms with van der Waals surface area (Å²) in [5.74, 6) is 1.63. The van der Waals surface area contributed by atoms with Gasteiger partial charge in [-0.05, 0) is 35.4 Å². The number of carbonyl (C=O) groups excluding carboxylic acids is 1. The summed E-state index contributed by atoms with van der Waals surface area (Å²) in [7, 11) is 9.24. The van der Waals surface area contributed by atoms with E-state index >= 15 is 0 Å². The van der Waals surface area contributed by atoms with E-state index in [9.17, 15) is 4.79 Å². The fourth-order valence-electron chi connectivity index (χ4n) is 3.22. The Balaban J connectivity index is 1.66. The highest BCUT2D eigenvalue weighted by Crippen LogP contribution is 2.22. The molecule has 3 aromatic rings. The lowest BCUT2D eigenvalue weighted by molar-refractivity contribution is 0.0827. The van der Waals surface area contributed by atoms with Crippen molar-refractivity contribution < 1.29 is 4.79 Å². The molecule has 0 fully saturated rings. The predicted molar refractivity (Wildman–Crippen MR) is 128 cm³/mol. The highest BCUT2D eigenvalue weighted by atomic mass is 16.2. The lowest BCUT2D eigenvalue weighted by Crippen LogP contribution is -2.36. The molecule has 0 unspecified atom stereocenters. The normalized spacial score (nSPS) is 11.3. The van der Waals surface area contributed by atoms with E-state index in [-0.39, 0.29) is 5.91 Å². The molecule has 31 heavy (non-hydrogen) atoms. The Bertz CT molecular complexity index is 1070. The molecule has 0 spiro atoms. The molecular weight excluding hydrogens is 388 g/mol. The van der Waals surface area contributed by atoms with Crippen molar-refractivity contribution >= 4 is 28.6 Å². The molecular formula is C24H30N6O. The second-order valence-corrected chi connectivity index (χ2v) is 7.73. The van der Waals surface area contributed by atoms with Gasteiger partial charge in [-0.2, -0.15) is 0 Å². The summed E-state index contributed by atoms with van der Waals surface area (Å²) in [5.41, 5.74) is 3.88. The highest BCUT2D eigenvalue weighted by Gasteiger charge is 2.09. The minimum atomic E-state index is -0.00124. The third-order valence-corrected chi connectivity index (χ3v) is 4.98. The molecule has 0 saturated carbocycles. The number of aromatic nitrogens is 1. The van der Waals surface area contributed by atoms with Gasteiger partial charge in [0.05, 0.1) is 5.52 Å². The Hall–Kier alpha value is -3.61. The van der Waals surface area contributed by atoms with Crippen LogP contribution in [0.25, 0.3) is 10.9 Å². The van der Waals surface area contributed by atoms with E-state index in [0.29, 0.717) is 24.6 Å². The van der Waals surface area contributed by atoms with Crippen LogP contribution in [-0.2, 0) is 13.1 Å². The number of hydrogen-bond donors (Lipinski definition) is 2. The second kappa shape index (κ2) is 9.93. The third-order valence-electron chi connectivity index (χ3n) is 4.98. The van der Waals surface area contributed by atoms with E-state index in [1.807, 2.05) is 61.5 Å². The number of nitrogens with zero attached hydrogens (tertiary/aromatic N) is 4. The van der Waals surface area contributed by atoms with Crippen molar-refractivity contribution in [3.8, 4) is 0 Å². The van der Waals surface area contributed by atoms with Crippen molar-refractivity contribution in [3.63, 3.8) is 0 Å². The molecule has 162 valence electrons. The van der Waals surface area contributed by atoms with Crippen LogP contribution in [-0.4, -0.2) is 57.0 Å². The second-order valence-electron chi connectivity index (χ2n) is 7.73. The lowest BCUT2D eigenvalue weighted by atomic mass is 10.1. The Labute approximate surface area is 183 Å². The van der Waals surface area contributed by atoms with Gasteiger partial charge in [0, 0.05) is 59.3 Å². The first-order valence-electron chi connectivity index (χ1n) is 10.2. The van der Waals surface area contributed by atoms with Gasteiger partial charge in [-0.25, -0.2) is 4.98 Å². The number of para-hydroxylation sites is 1. The van der Waals surface area contributed by atoms with E-state index < -0.39 is 0 Å². The van der Waals surface area contributed by atoms with Crippen LogP contribution in [0.4, 0.5) is 5.82 Å². The first-order chi connectivity index (χ1) is 14.9. The maximum Gasteiger partial charge on any atom is 0.253 e. The molecule has 1 aromatic heterocycles. The van der Waals surface area contributed by atoms with Crippen LogP contribution < -0.4 is 15.5 Å². The molecule has 0 radical (unpaired) electrons. The van der Waals surface area contributed by atoms with Crippen molar-refractivity contribution in [2.45, 2.75) is 13.1 Å². The summed E-state index contributed by atoms with van der Waals surface area (Å²) in [4.78, 5) is 24.6. The van der Waals surface area contributed by atoms with Crippen molar-refractivity contribution in [3.05, 3.63) is 71.3 Å². The number of rotatable bonds is 6. The molecule has 0 bridgehead atoms. The predicted octanol–water partition coefficient (Wildman–Crippen LogP) is 2.87. The zero-order valence-electron chi connectivity index (χ0n) is 18.8. The monoisotopic (exact) mass is 418 g/mol. The molecule has 7 nitrogen and oxygen atoms in total. The fraction of sp³-hybridized carbons (Fsp3) is 0.292. The molecule has 0 saturated heterocycles. The van der Waals surface area contributed by atoms with Crippen LogP contribution in [0, 0.1) is 0 Å². The average molecular weight is 419 g/mol. The lowest BCUT2D eigenvalue weighted by Gasteiger charge is -2.17. The van der Waals surface area contributed by atoms with E-state index in [0.717, 1.165) is 27.8 Å². The van der Waals surface area contributed by atoms with Gasteiger partial charge >= 0.3 is 0 Å². The summed E-state index contributed by atoms with van der Waals surface area (Å²) in [6, 6.07) is 17.9. The fourth-order valence-corrected chi connectivity index (χ4v) is 3.22. The largest absolute Gasteiger partial charge is 0.363 e. The van der Waals surface area contributed by atoms with E-state index in [2.05, 4.69) is 27.8 Å². The molecule has 1 amide bonds. The van der Waals surface area contributed by atoms with E-state index in [4.69, 9.17) is 4.98 Å². The standard InChI is InChI=1S/C24H30N6O/c1-25-24(26-15-17-10-12-18(13-11-17)23(31)30(4)5)27-16-19-14-22(29(2)3)28-21-9-7-6-8-20(19)21/h6-14H,15-16H2,1-5H3,(H2,25,26,27).